The normalized spacial score (nSPS) is 21.4. The van der Waals surface area contributed by atoms with Gasteiger partial charge in [0, 0.05) is 12.6 Å². The highest BCUT2D eigenvalue weighted by atomic mass is 32.2. The first kappa shape index (κ1) is 16.5. The Bertz CT molecular complexity index is 567. The van der Waals surface area contributed by atoms with Crippen molar-refractivity contribution in [2.24, 2.45) is 0 Å². The summed E-state index contributed by atoms with van der Waals surface area (Å²) in [5, 5.41) is 0. The highest BCUT2D eigenvalue weighted by Gasteiger charge is 2.27. The zero-order valence-electron chi connectivity index (χ0n) is 13.2. The van der Waals surface area contributed by atoms with Crippen LogP contribution in [-0.2, 0) is 20.2 Å². The number of nitrogens with one attached hydrogen (secondary N) is 1. The van der Waals surface area contributed by atoms with Gasteiger partial charge in [0.1, 0.15) is 0 Å². The van der Waals surface area contributed by atoms with Crippen molar-refractivity contribution < 1.29 is 13.2 Å². The molecule has 0 aliphatic carbocycles. The van der Waals surface area contributed by atoms with Gasteiger partial charge in [0.05, 0.1) is 11.0 Å². The van der Waals surface area contributed by atoms with E-state index in [1.807, 2.05) is 19.1 Å². The fourth-order valence-corrected chi connectivity index (χ4v) is 3.79. The Balaban J connectivity index is 2.12. The molecule has 118 valence electrons. The van der Waals surface area contributed by atoms with Gasteiger partial charge in [0.15, 0.2) is 0 Å². The second kappa shape index (κ2) is 6.07. The van der Waals surface area contributed by atoms with Crippen molar-refractivity contribution in [3.8, 4) is 0 Å². The van der Waals surface area contributed by atoms with Crippen LogP contribution in [0.15, 0.2) is 29.2 Å². The van der Waals surface area contributed by atoms with Crippen molar-refractivity contribution in [3.05, 3.63) is 29.8 Å². The molecule has 4 nitrogen and oxygen atoms in total. The third-order valence-corrected chi connectivity index (χ3v) is 5.47. The van der Waals surface area contributed by atoms with Crippen LogP contribution in [0.2, 0.25) is 0 Å². The van der Waals surface area contributed by atoms with Crippen LogP contribution in [0.5, 0.6) is 0 Å². The zero-order valence-corrected chi connectivity index (χ0v) is 14.0. The van der Waals surface area contributed by atoms with Crippen molar-refractivity contribution in [1.29, 1.82) is 0 Å². The number of hydrogen-bond acceptors (Lipinski definition) is 3. The van der Waals surface area contributed by atoms with Crippen LogP contribution in [-0.4, -0.2) is 27.2 Å². The summed E-state index contributed by atoms with van der Waals surface area (Å²) in [5.41, 5.74) is 1.13. The smallest absolute Gasteiger partial charge is 0.240 e. The molecule has 0 saturated carbocycles. The minimum atomic E-state index is -3.49. The Morgan fingerprint density at radius 1 is 1.24 bits per heavy atom. The van der Waals surface area contributed by atoms with E-state index in [2.05, 4.69) is 25.5 Å². The van der Waals surface area contributed by atoms with Crippen molar-refractivity contribution in [2.45, 2.75) is 63.0 Å². The molecule has 0 spiro atoms. The predicted molar refractivity (Wildman–Crippen MR) is 83.9 cm³/mol. The highest BCUT2D eigenvalue weighted by molar-refractivity contribution is 7.89. The summed E-state index contributed by atoms with van der Waals surface area (Å²) in [4.78, 5) is 0.306. The second-order valence-corrected chi connectivity index (χ2v) is 8.45. The molecule has 21 heavy (non-hydrogen) atoms. The Morgan fingerprint density at radius 2 is 1.86 bits per heavy atom. The monoisotopic (exact) mass is 311 g/mol. The summed E-state index contributed by atoms with van der Waals surface area (Å²) >= 11 is 0. The van der Waals surface area contributed by atoms with E-state index < -0.39 is 10.0 Å². The quantitative estimate of drug-likeness (QED) is 0.930. The third kappa shape index (κ3) is 4.05. The van der Waals surface area contributed by atoms with E-state index in [-0.39, 0.29) is 17.6 Å². The maximum atomic E-state index is 12.4. The van der Waals surface area contributed by atoms with Crippen molar-refractivity contribution in [2.75, 3.05) is 6.61 Å². The Hall–Kier alpha value is -0.910. The first-order valence-electron chi connectivity index (χ1n) is 7.44. The van der Waals surface area contributed by atoms with Crippen molar-refractivity contribution >= 4 is 10.0 Å². The molecule has 2 unspecified atom stereocenters. The molecule has 1 N–H and O–H groups in total. The molecule has 1 heterocycles. The summed E-state index contributed by atoms with van der Waals surface area (Å²) in [6.07, 6.45) is 1.89. The third-order valence-electron chi connectivity index (χ3n) is 3.89. The summed E-state index contributed by atoms with van der Waals surface area (Å²) in [7, 11) is -3.49. The fourth-order valence-electron chi connectivity index (χ4n) is 2.52. The van der Waals surface area contributed by atoms with Crippen molar-refractivity contribution in [1.82, 2.24) is 4.72 Å². The zero-order chi connectivity index (χ0) is 15.7. The van der Waals surface area contributed by atoms with Gasteiger partial charge in [-0.1, -0.05) is 32.9 Å². The molecule has 0 amide bonds. The van der Waals surface area contributed by atoms with Gasteiger partial charge < -0.3 is 4.74 Å². The molecule has 1 aromatic rings. The van der Waals surface area contributed by atoms with E-state index in [1.54, 1.807) is 12.1 Å². The lowest BCUT2D eigenvalue weighted by Crippen LogP contribution is -2.40. The van der Waals surface area contributed by atoms with Gasteiger partial charge >= 0.3 is 0 Å². The van der Waals surface area contributed by atoms with Gasteiger partial charge in [0.25, 0.3) is 0 Å². The Kier molecular flexibility index (Phi) is 4.76. The molecule has 0 bridgehead atoms. The minimum absolute atomic E-state index is 0.0146. The predicted octanol–water partition coefficient (Wildman–Crippen LogP) is 2.83. The van der Waals surface area contributed by atoms with Gasteiger partial charge in [-0.25, -0.2) is 13.1 Å². The lowest BCUT2D eigenvalue weighted by molar-refractivity contribution is 0.0902. The number of ether oxygens (including phenoxy) is 1. The lowest BCUT2D eigenvalue weighted by Gasteiger charge is -2.21. The molecular formula is C16H25NO3S. The Labute approximate surface area is 127 Å². The highest BCUT2D eigenvalue weighted by Crippen LogP contribution is 2.24. The maximum absolute atomic E-state index is 12.4. The maximum Gasteiger partial charge on any atom is 0.240 e. The molecule has 2 atom stereocenters. The van der Waals surface area contributed by atoms with Crippen molar-refractivity contribution in [3.63, 3.8) is 0 Å². The van der Waals surface area contributed by atoms with E-state index in [4.69, 9.17) is 4.74 Å². The van der Waals surface area contributed by atoms with Gasteiger partial charge in [-0.3, -0.25) is 0 Å². The van der Waals surface area contributed by atoms with Crippen LogP contribution < -0.4 is 4.72 Å². The first-order valence-corrected chi connectivity index (χ1v) is 8.93. The van der Waals surface area contributed by atoms with E-state index in [0.29, 0.717) is 4.90 Å². The van der Waals surface area contributed by atoms with Crippen LogP contribution in [0.3, 0.4) is 0 Å². The summed E-state index contributed by atoms with van der Waals surface area (Å²) in [6.45, 7) is 8.89. The number of benzene rings is 1. The molecular weight excluding hydrogens is 286 g/mol. The van der Waals surface area contributed by atoms with E-state index >= 15 is 0 Å². The molecule has 1 fully saturated rings. The lowest BCUT2D eigenvalue weighted by atomic mass is 9.87. The molecule has 0 aromatic heterocycles. The average Bonchev–Trinajstić information content (AvgIpc) is 2.91. The summed E-state index contributed by atoms with van der Waals surface area (Å²) < 4.78 is 33.0. The largest absolute Gasteiger partial charge is 0.377 e. The van der Waals surface area contributed by atoms with Crippen LogP contribution >= 0.6 is 0 Å². The SMILES string of the molecule is CC(NS(=O)(=O)c1ccc(C(C)(C)C)cc1)C1CCCO1. The summed E-state index contributed by atoms with van der Waals surface area (Å²) in [6, 6.07) is 6.90. The molecule has 1 aliphatic heterocycles. The molecule has 1 saturated heterocycles. The molecule has 1 aliphatic rings. The molecule has 1 aromatic carbocycles. The molecule has 0 radical (unpaired) electrons. The van der Waals surface area contributed by atoms with Gasteiger partial charge in [0.2, 0.25) is 10.0 Å². The minimum Gasteiger partial charge on any atom is -0.377 e. The second-order valence-electron chi connectivity index (χ2n) is 6.74. The molecule has 2 rings (SSSR count). The Morgan fingerprint density at radius 3 is 2.33 bits per heavy atom. The average molecular weight is 311 g/mol. The number of sulfonamides is 1. The van der Waals surface area contributed by atoms with Crippen LogP contribution in [0.25, 0.3) is 0 Å². The van der Waals surface area contributed by atoms with Gasteiger partial charge in [-0.2, -0.15) is 0 Å². The first-order chi connectivity index (χ1) is 9.70. The van der Waals surface area contributed by atoms with Crippen LogP contribution in [0, 0.1) is 0 Å². The molecule has 5 heteroatoms. The van der Waals surface area contributed by atoms with Gasteiger partial charge in [-0.15, -0.1) is 0 Å². The van der Waals surface area contributed by atoms with E-state index in [0.717, 1.165) is 25.0 Å². The van der Waals surface area contributed by atoms with E-state index in [1.165, 1.54) is 0 Å². The van der Waals surface area contributed by atoms with Crippen LogP contribution in [0.1, 0.15) is 46.1 Å². The number of rotatable bonds is 4. The topological polar surface area (TPSA) is 55.4 Å². The summed E-state index contributed by atoms with van der Waals surface area (Å²) in [5.74, 6) is 0. The standard InChI is InChI=1S/C16H25NO3S/c1-12(15-6-5-11-20-15)17-21(18,19)14-9-7-13(8-10-14)16(2,3)4/h7-10,12,15,17H,5-6,11H2,1-4H3. The van der Waals surface area contributed by atoms with Crippen LogP contribution in [0.4, 0.5) is 0 Å². The number of hydrogen-bond donors (Lipinski definition) is 1. The van der Waals surface area contributed by atoms with E-state index in [9.17, 15) is 8.42 Å². The fraction of sp³-hybridized carbons (Fsp3) is 0.625. The van der Waals surface area contributed by atoms with Gasteiger partial charge in [-0.05, 0) is 42.9 Å².